The van der Waals surface area contributed by atoms with Gasteiger partial charge in [-0.1, -0.05) is 37.1 Å². The Morgan fingerprint density at radius 1 is 1.29 bits per heavy atom. The Kier molecular flexibility index (Phi) is 3.63. The van der Waals surface area contributed by atoms with E-state index in [0.29, 0.717) is 18.7 Å². The van der Waals surface area contributed by atoms with Crippen molar-refractivity contribution in [3.05, 3.63) is 35.4 Å². The number of ketones is 1. The Hall–Kier alpha value is -1.15. The van der Waals surface area contributed by atoms with Crippen LogP contribution in [0.4, 0.5) is 0 Å². The molecule has 0 aliphatic heterocycles. The van der Waals surface area contributed by atoms with Gasteiger partial charge in [-0.3, -0.25) is 4.79 Å². The lowest BCUT2D eigenvalue weighted by atomic mass is 9.79. The Morgan fingerprint density at radius 2 is 1.94 bits per heavy atom. The summed E-state index contributed by atoms with van der Waals surface area (Å²) in [5, 5.41) is 0. The fraction of sp³-hybridized carbons (Fsp3) is 0.533. The van der Waals surface area contributed by atoms with Crippen LogP contribution in [-0.4, -0.2) is 12.3 Å². The lowest BCUT2D eigenvalue weighted by Gasteiger charge is -2.25. The highest BCUT2D eigenvalue weighted by Gasteiger charge is 2.39. The number of hydrogen-bond donors (Lipinski definition) is 1. The predicted octanol–water partition coefficient (Wildman–Crippen LogP) is 2.63. The lowest BCUT2D eigenvalue weighted by Crippen LogP contribution is -2.37. The van der Waals surface area contributed by atoms with Crippen LogP contribution in [0, 0.1) is 12.3 Å². The predicted molar refractivity (Wildman–Crippen MR) is 69.8 cm³/mol. The standard InChI is InChI=1S/C15H21NO/c1-12-6-2-3-7-13(12)10-14(17)15(11-16)8-4-5-9-15/h2-3,6-7H,4-5,8-11,16H2,1H3. The molecule has 2 N–H and O–H groups in total. The summed E-state index contributed by atoms with van der Waals surface area (Å²) in [6.07, 6.45) is 4.81. The summed E-state index contributed by atoms with van der Waals surface area (Å²) >= 11 is 0. The third kappa shape index (κ3) is 2.42. The minimum Gasteiger partial charge on any atom is -0.329 e. The molecular formula is C15H21NO. The van der Waals surface area contributed by atoms with Crippen molar-refractivity contribution >= 4 is 5.78 Å². The second-order valence-electron chi connectivity index (χ2n) is 5.22. The molecule has 0 saturated heterocycles. The number of carbonyl (C=O) groups is 1. The van der Waals surface area contributed by atoms with Gasteiger partial charge in [0.15, 0.2) is 0 Å². The molecule has 0 spiro atoms. The van der Waals surface area contributed by atoms with E-state index in [0.717, 1.165) is 31.2 Å². The minimum absolute atomic E-state index is 0.220. The van der Waals surface area contributed by atoms with E-state index in [1.165, 1.54) is 5.56 Å². The van der Waals surface area contributed by atoms with Crippen LogP contribution in [0.25, 0.3) is 0 Å². The molecule has 2 rings (SSSR count). The number of benzene rings is 1. The first-order chi connectivity index (χ1) is 8.18. The van der Waals surface area contributed by atoms with Gasteiger partial charge >= 0.3 is 0 Å². The third-order valence-corrected chi connectivity index (χ3v) is 4.16. The smallest absolute Gasteiger partial charge is 0.144 e. The van der Waals surface area contributed by atoms with Crippen LogP contribution in [0.15, 0.2) is 24.3 Å². The van der Waals surface area contributed by atoms with Crippen molar-refractivity contribution in [2.45, 2.75) is 39.0 Å². The van der Waals surface area contributed by atoms with Gasteiger partial charge in [0.2, 0.25) is 0 Å². The van der Waals surface area contributed by atoms with Gasteiger partial charge in [-0.15, -0.1) is 0 Å². The van der Waals surface area contributed by atoms with Crippen LogP contribution in [0.1, 0.15) is 36.8 Å². The average molecular weight is 231 g/mol. The molecule has 2 nitrogen and oxygen atoms in total. The van der Waals surface area contributed by atoms with Crippen LogP contribution < -0.4 is 5.73 Å². The van der Waals surface area contributed by atoms with Crippen molar-refractivity contribution < 1.29 is 4.79 Å². The van der Waals surface area contributed by atoms with Crippen LogP contribution in [0.5, 0.6) is 0 Å². The molecule has 92 valence electrons. The van der Waals surface area contributed by atoms with Crippen LogP contribution in [-0.2, 0) is 11.2 Å². The quantitative estimate of drug-likeness (QED) is 0.865. The summed E-state index contributed by atoms with van der Waals surface area (Å²) in [5.41, 5.74) is 7.97. The summed E-state index contributed by atoms with van der Waals surface area (Å²) in [6, 6.07) is 8.12. The molecule has 1 aromatic carbocycles. The maximum Gasteiger partial charge on any atom is 0.144 e. The SMILES string of the molecule is Cc1ccccc1CC(=O)C1(CN)CCCC1. The van der Waals surface area contributed by atoms with Gasteiger partial charge in [-0.25, -0.2) is 0 Å². The molecule has 1 aliphatic rings. The van der Waals surface area contributed by atoms with E-state index in [2.05, 4.69) is 13.0 Å². The summed E-state index contributed by atoms with van der Waals surface area (Å²) in [6.45, 7) is 2.57. The van der Waals surface area contributed by atoms with E-state index in [1.807, 2.05) is 18.2 Å². The fourth-order valence-electron chi connectivity index (χ4n) is 2.82. The molecule has 1 aliphatic carbocycles. The summed E-state index contributed by atoms with van der Waals surface area (Å²) in [5.74, 6) is 0.340. The van der Waals surface area contributed by atoms with Gasteiger partial charge in [0.1, 0.15) is 5.78 Å². The normalized spacial score (nSPS) is 18.2. The van der Waals surface area contributed by atoms with Crippen molar-refractivity contribution in [2.75, 3.05) is 6.54 Å². The first-order valence-corrected chi connectivity index (χ1v) is 6.46. The van der Waals surface area contributed by atoms with E-state index in [9.17, 15) is 4.79 Å². The average Bonchev–Trinajstić information content (AvgIpc) is 2.82. The van der Waals surface area contributed by atoms with Crippen molar-refractivity contribution in [1.29, 1.82) is 0 Å². The highest BCUT2D eigenvalue weighted by atomic mass is 16.1. The lowest BCUT2D eigenvalue weighted by molar-refractivity contribution is -0.127. The van der Waals surface area contributed by atoms with Gasteiger partial charge < -0.3 is 5.73 Å². The molecule has 0 bridgehead atoms. The zero-order chi connectivity index (χ0) is 12.3. The molecule has 0 unspecified atom stereocenters. The van der Waals surface area contributed by atoms with Gasteiger partial charge in [-0.05, 0) is 30.9 Å². The number of Topliss-reactive ketones (excluding diaryl/α,β-unsaturated/α-hetero) is 1. The van der Waals surface area contributed by atoms with Crippen LogP contribution in [0.3, 0.4) is 0 Å². The molecule has 1 aromatic rings. The second kappa shape index (κ2) is 5.01. The Bertz CT molecular complexity index is 405. The highest BCUT2D eigenvalue weighted by Crippen LogP contribution is 2.38. The first kappa shape index (κ1) is 12.3. The fourth-order valence-corrected chi connectivity index (χ4v) is 2.82. The van der Waals surface area contributed by atoms with E-state index in [-0.39, 0.29) is 5.41 Å². The van der Waals surface area contributed by atoms with Crippen molar-refractivity contribution in [2.24, 2.45) is 11.1 Å². The van der Waals surface area contributed by atoms with Crippen molar-refractivity contribution in [3.63, 3.8) is 0 Å². The zero-order valence-electron chi connectivity index (χ0n) is 10.5. The topological polar surface area (TPSA) is 43.1 Å². The Labute approximate surface area is 103 Å². The van der Waals surface area contributed by atoms with E-state index in [4.69, 9.17) is 5.73 Å². The molecule has 0 atom stereocenters. The molecule has 0 aromatic heterocycles. The Morgan fingerprint density at radius 3 is 2.53 bits per heavy atom. The van der Waals surface area contributed by atoms with Gasteiger partial charge in [0.25, 0.3) is 0 Å². The highest BCUT2D eigenvalue weighted by molar-refractivity contribution is 5.87. The van der Waals surface area contributed by atoms with E-state index < -0.39 is 0 Å². The largest absolute Gasteiger partial charge is 0.329 e. The van der Waals surface area contributed by atoms with Gasteiger partial charge in [0, 0.05) is 18.4 Å². The number of aryl methyl sites for hydroxylation is 1. The second-order valence-corrected chi connectivity index (χ2v) is 5.22. The zero-order valence-corrected chi connectivity index (χ0v) is 10.5. The van der Waals surface area contributed by atoms with Crippen LogP contribution in [0.2, 0.25) is 0 Å². The molecule has 0 heterocycles. The summed E-state index contributed by atoms with van der Waals surface area (Å²) < 4.78 is 0. The van der Waals surface area contributed by atoms with Gasteiger partial charge in [0.05, 0.1) is 0 Å². The number of nitrogens with two attached hydrogens (primary N) is 1. The van der Waals surface area contributed by atoms with Gasteiger partial charge in [-0.2, -0.15) is 0 Å². The number of rotatable bonds is 4. The number of carbonyl (C=O) groups excluding carboxylic acids is 1. The first-order valence-electron chi connectivity index (χ1n) is 6.46. The third-order valence-electron chi connectivity index (χ3n) is 4.16. The number of hydrogen-bond acceptors (Lipinski definition) is 2. The molecule has 1 fully saturated rings. The summed E-state index contributed by atoms with van der Waals surface area (Å²) in [7, 11) is 0. The van der Waals surface area contributed by atoms with E-state index >= 15 is 0 Å². The molecule has 17 heavy (non-hydrogen) atoms. The van der Waals surface area contributed by atoms with Crippen molar-refractivity contribution in [3.8, 4) is 0 Å². The maximum atomic E-state index is 12.4. The van der Waals surface area contributed by atoms with Crippen LogP contribution >= 0.6 is 0 Å². The maximum absolute atomic E-state index is 12.4. The molecule has 2 heteroatoms. The molecule has 0 amide bonds. The monoisotopic (exact) mass is 231 g/mol. The molecular weight excluding hydrogens is 210 g/mol. The molecule has 0 radical (unpaired) electrons. The molecule has 1 saturated carbocycles. The van der Waals surface area contributed by atoms with Crippen molar-refractivity contribution in [1.82, 2.24) is 0 Å². The minimum atomic E-state index is -0.220. The summed E-state index contributed by atoms with van der Waals surface area (Å²) in [4.78, 5) is 12.4. The van der Waals surface area contributed by atoms with E-state index in [1.54, 1.807) is 0 Å². The Balaban J connectivity index is 2.14.